The number of benzene rings is 1. The van der Waals surface area contributed by atoms with Crippen LogP contribution in [0.5, 0.6) is 5.75 Å². The van der Waals surface area contributed by atoms with Crippen LogP contribution in [-0.4, -0.2) is 67.1 Å². The average molecular weight is 318 g/mol. The molecule has 0 bridgehead atoms. The fourth-order valence-electron chi connectivity index (χ4n) is 2.33. The minimum absolute atomic E-state index is 0.297. The number of carbonyl (C=O) groups is 2. The van der Waals surface area contributed by atoms with Gasteiger partial charge in [-0.15, -0.1) is 0 Å². The van der Waals surface area contributed by atoms with E-state index in [-0.39, 0.29) is 12.5 Å². The lowest BCUT2D eigenvalue weighted by Crippen LogP contribution is -2.39. The van der Waals surface area contributed by atoms with Crippen LogP contribution in [0, 0.1) is 0 Å². The maximum Gasteiger partial charge on any atom is 0.323 e. The van der Waals surface area contributed by atoms with E-state index < -0.39 is 5.97 Å². The summed E-state index contributed by atoms with van der Waals surface area (Å²) in [4.78, 5) is 26.4. The lowest BCUT2D eigenvalue weighted by atomic mass is 10.1. The Labute approximate surface area is 136 Å². The molecule has 0 spiro atoms. The van der Waals surface area contributed by atoms with Crippen molar-refractivity contribution in [2.75, 3.05) is 40.3 Å². The van der Waals surface area contributed by atoms with Gasteiger partial charge in [-0.1, -0.05) is 6.07 Å². The molecule has 6 heteroatoms. The van der Waals surface area contributed by atoms with Crippen molar-refractivity contribution in [2.24, 2.45) is 0 Å². The molecule has 0 aliphatic carbocycles. The molecule has 1 aromatic carbocycles. The number of carboxylic acids is 1. The van der Waals surface area contributed by atoms with Crippen LogP contribution >= 0.6 is 0 Å². The molecule has 1 aliphatic rings. The normalized spacial score (nSPS) is 13.2. The summed E-state index contributed by atoms with van der Waals surface area (Å²) in [5, 5.41) is 8.94. The Balaban J connectivity index is 2.02. The molecule has 1 N–H and O–H groups in total. The van der Waals surface area contributed by atoms with E-state index in [1.54, 1.807) is 6.08 Å². The summed E-state index contributed by atoms with van der Waals surface area (Å²) in [5.74, 6) is -0.418. The van der Waals surface area contributed by atoms with Crippen molar-refractivity contribution >= 4 is 18.0 Å². The Morgan fingerprint density at radius 3 is 2.78 bits per heavy atom. The second-order valence-electron chi connectivity index (χ2n) is 5.76. The molecule has 1 aliphatic heterocycles. The standard InChI is InChI=1S/C17H22N2O4/c1-18(2)8-9-19(12-17(21)22)16(20)6-4-13-3-5-15-14(11-13)7-10-23-15/h3-6,11H,7-10,12H2,1-2H3,(H,21,22)/b6-4+. The van der Waals surface area contributed by atoms with Gasteiger partial charge in [0, 0.05) is 25.6 Å². The molecule has 0 fully saturated rings. The zero-order valence-electron chi connectivity index (χ0n) is 13.5. The summed E-state index contributed by atoms with van der Waals surface area (Å²) < 4.78 is 5.45. The van der Waals surface area contributed by atoms with Gasteiger partial charge in [-0.2, -0.15) is 0 Å². The first-order valence-corrected chi connectivity index (χ1v) is 7.55. The van der Waals surface area contributed by atoms with E-state index in [0.29, 0.717) is 19.7 Å². The summed E-state index contributed by atoms with van der Waals surface area (Å²) in [6, 6.07) is 5.77. The molecule has 1 aromatic rings. The maximum absolute atomic E-state index is 12.2. The van der Waals surface area contributed by atoms with Crippen LogP contribution in [0.15, 0.2) is 24.3 Å². The third-order valence-corrected chi connectivity index (χ3v) is 3.59. The SMILES string of the molecule is CN(C)CCN(CC(=O)O)C(=O)/C=C/c1ccc2c(c1)CCO2. The van der Waals surface area contributed by atoms with Crippen LogP contribution in [0.3, 0.4) is 0 Å². The molecule has 0 saturated heterocycles. The van der Waals surface area contributed by atoms with E-state index >= 15 is 0 Å². The predicted octanol–water partition coefficient (Wildman–Crippen LogP) is 1.11. The molecular weight excluding hydrogens is 296 g/mol. The van der Waals surface area contributed by atoms with Gasteiger partial charge in [0.1, 0.15) is 12.3 Å². The largest absolute Gasteiger partial charge is 0.493 e. The summed E-state index contributed by atoms with van der Waals surface area (Å²) in [6.45, 7) is 1.39. The summed E-state index contributed by atoms with van der Waals surface area (Å²) in [6.07, 6.45) is 4.01. The Bertz CT molecular complexity index is 611. The van der Waals surface area contributed by atoms with Gasteiger partial charge >= 0.3 is 5.97 Å². The van der Waals surface area contributed by atoms with E-state index in [1.807, 2.05) is 37.2 Å². The van der Waals surface area contributed by atoms with E-state index in [1.165, 1.54) is 11.0 Å². The fourth-order valence-corrected chi connectivity index (χ4v) is 2.33. The minimum Gasteiger partial charge on any atom is -0.493 e. The fraction of sp³-hybridized carbons (Fsp3) is 0.412. The quantitative estimate of drug-likeness (QED) is 0.763. The second kappa shape index (κ2) is 7.78. The van der Waals surface area contributed by atoms with E-state index in [0.717, 1.165) is 23.3 Å². The molecule has 0 unspecified atom stereocenters. The predicted molar refractivity (Wildman–Crippen MR) is 87.4 cm³/mol. The number of carboxylic acid groups (broad SMARTS) is 1. The molecule has 0 atom stereocenters. The van der Waals surface area contributed by atoms with Crippen LogP contribution < -0.4 is 4.74 Å². The Morgan fingerprint density at radius 1 is 1.30 bits per heavy atom. The number of rotatable bonds is 7. The number of hydrogen-bond acceptors (Lipinski definition) is 4. The zero-order chi connectivity index (χ0) is 16.8. The topological polar surface area (TPSA) is 70.1 Å². The highest BCUT2D eigenvalue weighted by molar-refractivity contribution is 5.93. The van der Waals surface area contributed by atoms with E-state index in [9.17, 15) is 9.59 Å². The number of hydrogen-bond donors (Lipinski definition) is 1. The molecule has 0 radical (unpaired) electrons. The lowest BCUT2D eigenvalue weighted by molar-refractivity contribution is -0.142. The van der Waals surface area contributed by atoms with Crippen LogP contribution in [0.25, 0.3) is 6.08 Å². The summed E-state index contributed by atoms with van der Waals surface area (Å²) in [5.41, 5.74) is 2.04. The Hall–Kier alpha value is -2.34. The average Bonchev–Trinajstić information content (AvgIpc) is 2.96. The molecular formula is C17H22N2O4. The van der Waals surface area contributed by atoms with Crippen LogP contribution in [0.1, 0.15) is 11.1 Å². The van der Waals surface area contributed by atoms with Gasteiger partial charge in [-0.05, 0) is 43.4 Å². The van der Waals surface area contributed by atoms with Crippen molar-refractivity contribution in [1.82, 2.24) is 9.80 Å². The summed E-state index contributed by atoms with van der Waals surface area (Å²) >= 11 is 0. The van der Waals surface area contributed by atoms with Crippen LogP contribution in [-0.2, 0) is 16.0 Å². The van der Waals surface area contributed by atoms with Gasteiger partial charge in [-0.25, -0.2) is 0 Å². The van der Waals surface area contributed by atoms with Crippen molar-refractivity contribution in [1.29, 1.82) is 0 Å². The van der Waals surface area contributed by atoms with E-state index in [4.69, 9.17) is 9.84 Å². The smallest absolute Gasteiger partial charge is 0.323 e. The molecule has 23 heavy (non-hydrogen) atoms. The zero-order valence-corrected chi connectivity index (χ0v) is 13.5. The van der Waals surface area contributed by atoms with Crippen molar-refractivity contribution in [3.63, 3.8) is 0 Å². The first kappa shape index (κ1) is 17.0. The van der Waals surface area contributed by atoms with Gasteiger partial charge in [0.25, 0.3) is 0 Å². The Kier molecular flexibility index (Phi) is 5.76. The first-order chi connectivity index (χ1) is 11.0. The second-order valence-corrected chi connectivity index (χ2v) is 5.76. The molecule has 124 valence electrons. The van der Waals surface area contributed by atoms with Gasteiger partial charge in [0.15, 0.2) is 0 Å². The Morgan fingerprint density at radius 2 is 2.09 bits per heavy atom. The highest BCUT2D eigenvalue weighted by Crippen LogP contribution is 2.26. The van der Waals surface area contributed by atoms with Gasteiger partial charge in [0.2, 0.25) is 5.91 Å². The number of carbonyl (C=O) groups excluding carboxylic acids is 1. The van der Waals surface area contributed by atoms with Gasteiger partial charge in [0.05, 0.1) is 6.61 Å². The van der Waals surface area contributed by atoms with Crippen molar-refractivity contribution in [2.45, 2.75) is 6.42 Å². The van der Waals surface area contributed by atoms with Crippen molar-refractivity contribution < 1.29 is 19.4 Å². The van der Waals surface area contributed by atoms with Crippen molar-refractivity contribution in [3.8, 4) is 5.75 Å². The van der Waals surface area contributed by atoms with E-state index in [2.05, 4.69) is 0 Å². The monoisotopic (exact) mass is 318 g/mol. The number of aliphatic carboxylic acids is 1. The van der Waals surface area contributed by atoms with Crippen molar-refractivity contribution in [3.05, 3.63) is 35.4 Å². The van der Waals surface area contributed by atoms with Crippen LogP contribution in [0.2, 0.25) is 0 Å². The summed E-state index contributed by atoms with van der Waals surface area (Å²) in [7, 11) is 3.76. The highest BCUT2D eigenvalue weighted by atomic mass is 16.5. The lowest BCUT2D eigenvalue weighted by Gasteiger charge is -2.21. The number of likely N-dealkylation sites (N-methyl/N-ethyl adjacent to an activating group) is 1. The number of ether oxygens (including phenoxy) is 1. The number of nitrogens with zero attached hydrogens (tertiary/aromatic N) is 2. The van der Waals surface area contributed by atoms with Gasteiger partial charge < -0.3 is 19.6 Å². The molecule has 1 heterocycles. The first-order valence-electron chi connectivity index (χ1n) is 7.55. The molecule has 0 saturated carbocycles. The van der Waals surface area contributed by atoms with Gasteiger partial charge in [-0.3, -0.25) is 9.59 Å². The minimum atomic E-state index is -1.01. The van der Waals surface area contributed by atoms with Crippen LogP contribution in [0.4, 0.5) is 0 Å². The number of fused-ring (bicyclic) bond motifs is 1. The third kappa shape index (κ3) is 5.10. The highest BCUT2D eigenvalue weighted by Gasteiger charge is 2.15. The third-order valence-electron chi connectivity index (χ3n) is 3.59. The molecule has 1 amide bonds. The molecule has 2 rings (SSSR count). The molecule has 6 nitrogen and oxygen atoms in total. The maximum atomic E-state index is 12.2. The number of amides is 1. The molecule has 0 aromatic heterocycles.